The van der Waals surface area contributed by atoms with Crippen LogP contribution in [-0.4, -0.2) is 24.0 Å². The molecule has 4 heteroatoms. The summed E-state index contributed by atoms with van der Waals surface area (Å²) in [5.74, 6) is 0.108. The Morgan fingerprint density at radius 1 is 1.16 bits per heavy atom. The molecule has 126 valence electrons. The predicted octanol–water partition coefficient (Wildman–Crippen LogP) is 4.01. The first-order valence-corrected chi connectivity index (χ1v) is 8.66. The van der Waals surface area contributed by atoms with Crippen molar-refractivity contribution in [3.8, 4) is 0 Å². The smallest absolute Gasteiger partial charge is 0.229 e. The van der Waals surface area contributed by atoms with Crippen LogP contribution in [0.3, 0.4) is 0 Å². The van der Waals surface area contributed by atoms with Gasteiger partial charge in [-0.05, 0) is 37.1 Å². The Morgan fingerprint density at radius 3 is 2.92 bits per heavy atom. The Bertz CT molecular complexity index is 916. The number of anilines is 2. The van der Waals surface area contributed by atoms with Gasteiger partial charge in [-0.1, -0.05) is 30.3 Å². The van der Waals surface area contributed by atoms with Crippen molar-refractivity contribution in [3.63, 3.8) is 0 Å². The summed E-state index contributed by atoms with van der Waals surface area (Å²) in [7, 11) is 0. The third-order valence-electron chi connectivity index (χ3n) is 4.95. The summed E-state index contributed by atoms with van der Waals surface area (Å²) in [5, 5.41) is 5.18. The normalized spacial score (nSPS) is 17.0. The van der Waals surface area contributed by atoms with E-state index in [1.165, 1.54) is 11.3 Å². The topological polar surface area (TPSA) is 45.2 Å². The van der Waals surface area contributed by atoms with Crippen LogP contribution in [0.5, 0.6) is 0 Å². The van der Waals surface area contributed by atoms with Gasteiger partial charge < -0.3 is 10.2 Å². The van der Waals surface area contributed by atoms with E-state index in [1.807, 2.05) is 30.5 Å². The molecule has 0 bridgehead atoms. The molecule has 1 aromatic heterocycles. The van der Waals surface area contributed by atoms with E-state index in [9.17, 15) is 4.79 Å². The van der Waals surface area contributed by atoms with Crippen LogP contribution in [0.1, 0.15) is 12.0 Å². The third-order valence-corrected chi connectivity index (χ3v) is 4.95. The number of aryl methyl sites for hydroxylation is 1. The Labute approximate surface area is 147 Å². The van der Waals surface area contributed by atoms with Gasteiger partial charge in [0.15, 0.2) is 0 Å². The molecule has 1 N–H and O–H groups in total. The Kier molecular flexibility index (Phi) is 4.10. The fraction of sp³-hybridized carbons (Fsp3) is 0.238. The molecule has 4 nitrogen and oxygen atoms in total. The molecule has 0 radical (unpaired) electrons. The van der Waals surface area contributed by atoms with E-state index in [0.717, 1.165) is 36.0 Å². The monoisotopic (exact) mass is 331 g/mol. The van der Waals surface area contributed by atoms with Gasteiger partial charge in [-0.15, -0.1) is 0 Å². The molecule has 1 fully saturated rings. The highest BCUT2D eigenvalue weighted by molar-refractivity contribution is 6.02. The number of aromatic nitrogens is 1. The number of hydrogen-bond donors (Lipinski definition) is 1. The maximum Gasteiger partial charge on any atom is 0.229 e. The number of nitrogens with one attached hydrogen (secondary N) is 1. The van der Waals surface area contributed by atoms with Crippen LogP contribution in [0.25, 0.3) is 10.8 Å². The van der Waals surface area contributed by atoms with Crippen molar-refractivity contribution in [2.45, 2.75) is 13.3 Å². The number of pyridine rings is 1. The van der Waals surface area contributed by atoms with E-state index in [2.05, 4.69) is 46.4 Å². The van der Waals surface area contributed by atoms with E-state index >= 15 is 0 Å². The van der Waals surface area contributed by atoms with Crippen molar-refractivity contribution < 1.29 is 4.79 Å². The summed E-state index contributed by atoms with van der Waals surface area (Å²) >= 11 is 0. The van der Waals surface area contributed by atoms with Crippen LogP contribution in [0.2, 0.25) is 0 Å². The highest BCUT2D eigenvalue weighted by Gasteiger charge is 2.29. The number of carbonyl (C=O) groups excluding carboxylic acids is 1. The molecule has 1 aliphatic rings. The predicted molar refractivity (Wildman–Crippen MR) is 102 cm³/mol. The first-order valence-electron chi connectivity index (χ1n) is 8.66. The average Bonchev–Trinajstić information content (AvgIpc) is 3.12. The lowest BCUT2D eigenvalue weighted by atomic mass is 10.1. The fourth-order valence-corrected chi connectivity index (χ4v) is 3.58. The summed E-state index contributed by atoms with van der Waals surface area (Å²) in [5.41, 5.74) is 3.35. The van der Waals surface area contributed by atoms with Gasteiger partial charge in [0.05, 0.1) is 5.92 Å². The molecule has 25 heavy (non-hydrogen) atoms. The standard InChI is InChI=1S/C21H21N3O/c1-15-5-2-3-8-20(15)24-12-10-17(14-24)21(25)23-19-7-4-6-16-13-22-11-9-18(16)19/h2-9,11,13,17H,10,12,14H2,1H3,(H,23,25). The SMILES string of the molecule is Cc1ccccc1N1CCC(C(=O)Nc2cccc3cnccc23)C1. The molecular formula is C21H21N3O. The van der Waals surface area contributed by atoms with E-state index in [1.54, 1.807) is 6.20 Å². The van der Waals surface area contributed by atoms with Crippen LogP contribution < -0.4 is 10.2 Å². The van der Waals surface area contributed by atoms with Gasteiger partial charge >= 0.3 is 0 Å². The van der Waals surface area contributed by atoms with Gasteiger partial charge in [-0.3, -0.25) is 9.78 Å². The molecule has 0 spiro atoms. The van der Waals surface area contributed by atoms with Crippen LogP contribution in [-0.2, 0) is 4.79 Å². The van der Waals surface area contributed by atoms with Crippen LogP contribution in [0.15, 0.2) is 60.9 Å². The van der Waals surface area contributed by atoms with Crippen molar-refractivity contribution >= 4 is 28.1 Å². The summed E-state index contributed by atoms with van der Waals surface area (Å²) < 4.78 is 0. The maximum absolute atomic E-state index is 12.8. The van der Waals surface area contributed by atoms with Crippen molar-refractivity contribution in [1.82, 2.24) is 4.98 Å². The lowest BCUT2D eigenvalue weighted by Gasteiger charge is -2.20. The van der Waals surface area contributed by atoms with Gasteiger partial charge in [0.25, 0.3) is 0 Å². The highest BCUT2D eigenvalue weighted by atomic mass is 16.1. The number of benzene rings is 2. The van der Waals surface area contributed by atoms with Crippen molar-refractivity contribution in [2.24, 2.45) is 5.92 Å². The molecule has 4 rings (SSSR count). The molecule has 1 atom stereocenters. The van der Waals surface area contributed by atoms with Gasteiger partial charge in [-0.25, -0.2) is 0 Å². The van der Waals surface area contributed by atoms with E-state index in [-0.39, 0.29) is 11.8 Å². The molecule has 3 aromatic rings. The van der Waals surface area contributed by atoms with Crippen LogP contribution in [0.4, 0.5) is 11.4 Å². The van der Waals surface area contributed by atoms with Crippen LogP contribution >= 0.6 is 0 Å². The summed E-state index contributed by atoms with van der Waals surface area (Å²) in [6, 6.07) is 16.2. The molecule has 0 aliphatic carbocycles. The van der Waals surface area contributed by atoms with Crippen molar-refractivity contribution in [1.29, 1.82) is 0 Å². The number of hydrogen-bond acceptors (Lipinski definition) is 3. The Morgan fingerprint density at radius 2 is 2.04 bits per heavy atom. The molecule has 2 heterocycles. The Balaban J connectivity index is 1.50. The molecule has 2 aromatic carbocycles. The zero-order valence-corrected chi connectivity index (χ0v) is 14.3. The van der Waals surface area contributed by atoms with Crippen LogP contribution in [0, 0.1) is 12.8 Å². The molecular weight excluding hydrogens is 310 g/mol. The number of rotatable bonds is 3. The first-order chi connectivity index (χ1) is 12.2. The minimum atomic E-state index is 0.0108. The van der Waals surface area contributed by atoms with E-state index in [4.69, 9.17) is 0 Å². The first kappa shape index (κ1) is 15.6. The van der Waals surface area contributed by atoms with Crippen molar-refractivity contribution in [2.75, 3.05) is 23.3 Å². The second-order valence-corrected chi connectivity index (χ2v) is 6.61. The molecule has 1 amide bonds. The largest absolute Gasteiger partial charge is 0.370 e. The number of fused-ring (bicyclic) bond motifs is 1. The average molecular weight is 331 g/mol. The summed E-state index contributed by atoms with van der Waals surface area (Å²) in [4.78, 5) is 19.2. The quantitative estimate of drug-likeness (QED) is 0.789. The lowest BCUT2D eigenvalue weighted by Crippen LogP contribution is -2.27. The second kappa shape index (κ2) is 6.55. The van der Waals surface area contributed by atoms with Gasteiger partial charge in [0, 0.05) is 47.6 Å². The zero-order chi connectivity index (χ0) is 17.2. The molecule has 1 saturated heterocycles. The second-order valence-electron chi connectivity index (χ2n) is 6.61. The summed E-state index contributed by atoms with van der Waals surface area (Å²) in [6.07, 6.45) is 4.46. The fourth-order valence-electron chi connectivity index (χ4n) is 3.58. The summed E-state index contributed by atoms with van der Waals surface area (Å²) in [6.45, 7) is 3.80. The number of amides is 1. The van der Waals surface area contributed by atoms with Gasteiger partial charge in [0.2, 0.25) is 5.91 Å². The van der Waals surface area contributed by atoms with Gasteiger partial charge in [0.1, 0.15) is 0 Å². The minimum Gasteiger partial charge on any atom is -0.370 e. The Hall–Kier alpha value is -2.88. The van der Waals surface area contributed by atoms with E-state index < -0.39 is 0 Å². The number of nitrogens with zero attached hydrogens (tertiary/aromatic N) is 2. The third kappa shape index (κ3) is 3.07. The van der Waals surface area contributed by atoms with Gasteiger partial charge in [-0.2, -0.15) is 0 Å². The van der Waals surface area contributed by atoms with E-state index in [0.29, 0.717) is 0 Å². The number of para-hydroxylation sites is 1. The zero-order valence-electron chi connectivity index (χ0n) is 14.3. The number of carbonyl (C=O) groups is 1. The highest BCUT2D eigenvalue weighted by Crippen LogP contribution is 2.28. The molecule has 1 unspecified atom stereocenters. The maximum atomic E-state index is 12.8. The minimum absolute atomic E-state index is 0.0108. The lowest BCUT2D eigenvalue weighted by molar-refractivity contribution is -0.119. The molecule has 0 saturated carbocycles. The van der Waals surface area contributed by atoms with Crippen molar-refractivity contribution in [3.05, 3.63) is 66.5 Å². The molecule has 1 aliphatic heterocycles.